The van der Waals surface area contributed by atoms with Crippen LogP contribution in [-0.4, -0.2) is 48.4 Å². The molecule has 22 heavy (non-hydrogen) atoms. The zero-order valence-corrected chi connectivity index (χ0v) is 11.9. The number of nitrogens with two attached hydrogens (primary N) is 1. The Balaban J connectivity index is 1.63. The van der Waals surface area contributed by atoms with E-state index in [4.69, 9.17) is 15.0 Å². The number of benzene rings is 1. The van der Waals surface area contributed by atoms with Gasteiger partial charge in [0.2, 0.25) is 0 Å². The second-order valence-electron chi connectivity index (χ2n) is 5.10. The summed E-state index contributed by atoms with van der Waals surface area (Å²) >= 11 is 0. The molecule has 1 aliphatic heterocycles. The van der Waals surface area contributed by atoms with Crippen LogP contribution in [0.3, 0.4) is 0 Å². The lowest BCUT2D eigenvalue weighted by Gasteiger charge is -2.32. The van der Waals surface area contributed by atoms with Gasteiger partial charge in [0.25, 0.3) is 0 Å². The highest BCUT2D eigenvalue weighted by molar-refractivity contribution is 5.80. The van der Waals surface area contributed by atoms with Crippen LogP contribution in [-0.2, 0) is 11.3 Å². The number of nitrogens with zero attached hydrogens (tertiary/aromatic N) is 2. The molecule has 1 fully saturated rings. The summed E-state index contributed by atoms with van der Waals surface area (Å²) < 4.78 is 23.8. The predicted molar refractivity (Wildman–Crippen MR) is 76.6 cm³/mol. The van der Waals surface area contributed by atoms with E-state index in [2.05, 4.69) is 10.5 Å². The van der Waals surface area contributed by atoms with Crippen LogP contribution in [0.5, 0.6) is 0 Å². The van der Waals surface area contributed by atoms with Crippen LogP contribution in [0.2, 0.25) is 0 Å². The maximum absolute atomic E-state index is 13.3. The lowest BCUT2D eigenvalue weighted by molar-refractivity contribution is -0.00865. The van der Waals surface area contributed by atoms with Gasteiger partial charge < -0.3 is 25.2 Å². The second-order valence-corrected chi connectivity index (χ2v) is 5.10. The topological polar surface area (TPSA) is 93.6 Å². The lowest BCUT2D eigenvalue weighted by atomic mass is 10.2. The first-order chi connectivity index (χ1) is 10.7. The molecule has 2 aromatic rings. The number of urea groups is 1. The van der Waals surface area contributed by atoms with Crippen LogP contribution < -0.4 is 11.1 Å². The molecule has 3 rings (SSSR count). The number of carbonyl (C=O) groups excluding carboxylic acids is 1. The van der Waals surface area contributed by atoms with E-state index in [1.54, 1.807) is 4.90 Å². The molecule has 0 radical (unpaired) electrons. The summed E-state index contributed by atoms with van der Waals surface area (Å²) in [6.07, 6.45) is -0.138. The number of morpholine rings is 1. The Labute approximate surface area is 126 Å². The molecule has 1 atom stereocenters. The Bertz CT molecular complexity index is 675. The zero-order valence-electron chi connectivity index (χ0n) is 11.9. The Morgan fingerprint density at radius 3 is 3.23 bits per heavy atom. The number of hydrogen-bond donors (Lipinski definition) is 2. The maximum Gasteiger partial charge on any atom is 0.317 e. The van der Waals surface area contributed by atoms with Gasteiger partial charge in [0.05, 0.1) is 19.3 Å². The average molecular weight is 308 g/mol. The molecule has 1 aliphatic rings. The number of ether oxygens (including phenoxy) is 1. The van der Waals surface area contributed by atoms with Gasteiger partial charge in [-0.1, -0.05) is 5.16 Å². The summed E-state index contributed by atoms with van der Waals surface area (Å²) in [5.41, 5.74) is 6.53. The van der Waals surface area contributed by atoms with Gasteiger partial charge in [0.1, 0.15) is 11.5 Å². The van der Waals surface area contributed by atoms with Gasteiger partial charge in [-0.25, -0.2) is 9.18 Å². The summed E-state index contributed by atoms with van der Waals surface area (Å²) in [7, 11) is 0. The number of fused-ring (bicyclic) bond motifs is 1. The average Bonchev–Trinajstić information content (AvgIpc) is 2.94. The molecule has 1 aromatic carbocycles. The van der Waals surface area contributed by atoms with E-state index in [1.807, 2.05) is 0 Å². The fourth-order valence-electron chi connectivity index (χ4n) is 2.41. The van der Waals surface area contributed by atoms with Gasteiger partial charge in [-0.05, 0) is 18.2 Å². The quantitative estimate of drug-likeness (QED) is 0.876. The summed E-state index contributed by atoms with van der Waals surface area (Å²) in [5.74, 6) is -0.373. The minimum atomic E-state index is -0.373. The fraction of sp³-hybridized carbons (Fsp3) is 0.429. The number of rotatable bonds is 3. The van der Waals surface area contributed by atoms with Gasteiger partial charge in [-0.2, -0.15) is 0 Å². The number of amides is 2. The molecule has 0 bridgehead atoms. The summed E-state index contributed by atoms with van der Waals surface area (Å²) in [4.78, 5) is 13.8. The van der Waals surface area contributed by atoms with Gasteiger partial charge in [-0.15, -0.1) is 0 Å². The highest BCUT2D eigenvalue weighted by atomic mass is 19.1. The molecule has 7 nitrogen and oxygen atoms in total. The van der Waals surface area contributed by atoms with Crippen LogP contribution in [0, 0.1) is 5.82 Å². The first-order valence-electron chi connectivity index (χ1n) is 7.05. The fourth-order valence-corrected chi connectivity index (χ4v) is 2.41. The molecule has 0 spiro atoms. The minimum Gasteiger partial charge on any atom is -0.373 e. The van der Waals surface area contributed by atoms with Crippen molar-refractivity contribution < 1.29 is 18.4 Å². The van der Waals surface area contributed by atoms with Crippen LogP contribution in [0.15, 0.2) is 22.7 Å². The van der Waals surface area contributed by atoms with Gasteiger partial charge in [0.15, 0.2) is 5.58 Å². The van der Waals surface area contributed by atoms with E-state index in [-0.39, 0.29) is 24.5 Å². The Morgan fingerprint density at radius 1 is 1.55 bits per heavy atom. The minimum absolute atomic E-state index is 0.138. The van der Waals surface area contributed by atoms with Crippen molar-refractivity contribution in [2.24, 2.45) is 5.73 Å². The number of hydrogen-bond acceptors (Lipinski definition) is 5. The van der Waals surface area contributed by atoms with E-state index in [9.17, 15) is 9.18 Å². The monoisotopic (exact) mass is 308 g/mol. The molecule has 118 valence electrons. The number of carbonyl (C=O) groups is 1. The second kappa shape index (κ2) is 6.29. The van der Waals surface area contributed by atoms with E-state index >= 15 is 0 Å². The smallest absolute Gasteiger partial charge is 0.317 e. The largest absolute Gasteiger partial charge is 0.373 e. The van der Waals surface area contributed by atoms with Crippen molar-refractivity contribution in [2.45, 2.75) is 12.6 Å². The zero-order chi connectivity index (χ0) is 15.5. The Kier molecular flexibility index (Phi) is 4.21. The summed E-state index contributed by atoms with van der Waals surface area (Å²) in [6.45, 7) is 1.97. The molecule has 0 aliphatic carbocycles. The molecule has 3 N–H and O–H groups in total. The van der Waals surface area contributed by atoms with Crippen molar-refractivity contribution in [2.75, 3.05) is 26.2 Å². The Morgan fingerprint density at radius 2 is 2.41 bits per heavy atom. The van der Waals surface area contributed by atoms with Crippen molar-refractivity contribution >= 4 is 17.0 Å². The molecule has 1 unspecified atom stereocenters. The van der Waals surface area contributed by atoms with Crippen molar-refractivity contribution in [3.8, 4) is 0 Å². The third-order valence-corrected chi connectivity index (χ3v) is 3.60. The lowest BCUT2D eigenvalue weighted by Crippen LogP contribution is -2.51. The summed E-state index contributed by atoms with van der Waals surface area (Å²) in [5, 5.41) is 7.18. The Hall–Kier alpha value is -2.19. The van der Waals surface area contributed by atoms with E-state index < -0.39 is 0 Å². The van der Waals surface area contributed by atoms with E-state index in [0.29, 0.717) is 42.9 Å². The van der Waals surface area contributed by atoms with Crippen molar-refractivity contribution in [1.82, 2.24) is 15.4 Å². The molecule has 1 aromatic heterocycles. The first-order valence-corrected chi connectivity index (χ1v) is 7.05. The van der Waals surface area contributed by atoms with Crippen molar-refractivity contribution in [1.29, 1.82) is 0 Å². The SMILES string of the molecule is NCC1CN(C(=O)NCc2noc3ccc(F)cc23)CCO1. The predicted octanol–water partition coefficient (Wildman–Crippen LogP) is 0.836. The first kappa shape index (κ1) is 14.7. The standard InChI is InChI=1S/C14H17FN4O3/c15-9-1-2-13-11(5-9)12(18-22-13)7-17-14(20)19-3-4-21-10(6-16)8-19/h1-2,5,10H,3-4,6-8,16H2,(H,17,20). The number of nitrogens with one attached hydrogen (secondary N) is 1. The molecule has 2 heterocycles. The third-order valence-electron chi connectivity index (χ3n) is 3.60. The van der Waals surface area contributed by atoms with Crippen molar-refractivity contribution in [3.05, 3.63) is 29.7 Å². The van der Waals surface area contributed by atoms with Crippen molar-refractivity contribution in [3.63, 3.8) is 0 Å². The molecule has 8 heteroatoms. The highest BCUT2D eigenvalue weighted by Gasteiger charge is 2.23. The molecule has 0 saturated carbocycles. The van der Waals surface area contributed by atoms with Gasteiger partial charge in [0, 0.05) is 25.0 Å². The molecule has 1 saturated heterocycles. The van der Waals surface area contributed by atoms with E-state index in [1.165, 1.54) is 18.2 Å². The summed E-state index contributed by atoms with van der Waals surface area (Å²) in [6, 6.07) is 3.93. The normalized spacial score (nSPS) is 18.6. The van der Waals surface area contributed by atoms with Crippen LogP contribution >= 0.6 is 0 Å². The maximum atomic E-state index is 13.3. The number of aromatic nitrogens is 1. The van der Waals surface area contributed by atoms with Crippen LogP contribution in [0.1, 0.15) is 5.69 Å². The highest BCUT2D eigenvalue weighted by Crippen LogP contribution is 2.19. The number of halogens is 1. The molecule has 2 amide bonds. The third kappa shape index (κ3) is 3.02. The van der Waals surface area contributed by atoms with Gasteiger partial charge in [-0.3, -0.25) is 0 Å². The molecular weight excluding hydrogens is 291 g/mol. The van der Waals surface area contributed by atoms with Crippen LogP contribution in [0.4, 0.5) is 9.18 Å². The van der Waals surface area contributed by atoms with Crippen LogP contribution in [0.25, 0.3) is 11.0 Å². The molecular formula is C14H17FN4O3. The van der Waals surface area contributed by atoms with E-state index in [0.717, 1.165) is 0 Å². The van der Waals surface area contributed by atoms with Gasteiger partial charge >= 0.3 is 6.03 Å².